The lowest BCUT2D eigenvalue weighted by Gasteiger charge is -2.20. The number of benzene rings is 1. The van der Waals surface area contributed by atoms with E-state index in [2.05, 4.69) is 52.9 Å². The highest BCUT2D eigenvalue weighted by Gasteiger charge is 2.15. The predicted molar refractivity (Wildman–Crippen MR) is 69.7 cm³/mol. The quantitative estimate of drug-likeness (QED) is 0.778. The number of hydrogen-bond acceptors (Lipinski definition) is 1. The van der Waals surface area contributed by atoms with Crippen LogP contribution in [0.2, 0.25) is 0 Å². The first-order chi connectivity index (χ1) is 7.18. The Hall–Kier alpha value is -0.500. The monoisotopic (exact) mass is 267 g/mol. The normalized spacial score (nSPS) is 16.4. The third-order valence-corrected chi connectivity index (χ3v) is 3.72. The van der Waals surface area contributed by atoms with Crippen molar-refractivity contribution in [1.82, 2.24) is 0 Å². The van der Waals surface area contributed by atoms with Crippen LogP contribution in [-0.4, -0.2) is 13.1 Å². The molecule has 15 heavy (non-hydrogen) atoms. The molecule has 2 rings (SSSR count). The van der Waals surface area contributed by atoms with Gasteiger partial charge in [0.2, 0.25) is 0 Å². The lowest BCUT2D eigenvalue weighted by Crippen LogP contribution is -2.18. The largest absolute Gasteiger partial charge is 0.371 e. The van der Waals surface area contributed by atoms with E-state index in [-0.39, 0.29) is 0 Å². The van der Waals surface area contributed by atoms with Gasteiger partial charge < -0.3 is 4.90 Å². The molecule has 1 aromatic rings. The van der Waals surface area contributed by atoms with Crippen LogP contribution in [0.4, 0.5) is 5.69 Å². The first-order valence-corrected chi connectivity index (χ1v) is 6.52. The molecule has 1 aliphatic rings. The predicted octanol–water partition coefficient (Wildman–Crippen LogP) is 4.17. The third-order valence-electron chi connectivity index (χ3n) is 3.09. The maximum absolute atomic E-state index is 3.68. The van der Waals surface area contributed by atoms with Crippen LogP contribution in [-0.2, 0) is 0 Å². The fourth-order valence-corrected chi connectivity index (χ4v) is 2.74. The van der Waals surface area contributed by atoms with Crippen LogP contribution >= 0.6 is 15.9 Å². The molecule has 82 valence electrons. The van der Waals surface area contributed by atoms with Crippen LogP contribution in [0.3, 0.4) is 0 Å². The van der Waals surface area contributed by atoms with Gasteiger partial charge in [0.05, 0.1) is 5.69 Å². The van der Waals surface area contributed by atoms with E-state index in [1.807, 2.05) is 0 Å². The summed E-state index contributed by atoms with van der Waals surface area (Å²) < 4.78 is 1.25. The van der Waals surface area contributed by atoms with E-state index in [4.69, 9.17) is 0 Å². The Balaban J connectivity index is 2.25. The summed E-state index contributed by atoms with van der Waals surface area (Å²) in [4.78, 5) is 2.47. The summed E-state index contributed by atoms with van der Waals surface area (Å²) in [5, 5.41) is 0. The van der Waals surface area contributed by atoms with E-state index in [1.54, 1.807) is 0 Å². The Labute approximate surface area is 101 Å². The molecule has 0 N–H and O–H groups in total. The first-order valence-electron chi connectivity index (χ1n) is 5.73. The molecule has 0 saturated carbocycles. The van der Waals surface area contributed by atoms with Crippen molar-refractivity contribution in [1.29, 1.82) is 0 Å². The molecular weight excluding hydrogens is 250 g/mol. The van der Waals surface area contributed by atoms with Crippen LogP contribution in [0.25, 0.3) is 0 Å². The molecule has 1 nitrogen and oxygen atoms in total. The number of nitrogens with zero attached hydrogens (tertiary/aromatic N) is 1. The molecule has 2 heteroatoms. The zero-order valence-electron chi connectivity index (χ0n) is 9.46. The van der Waals surface area contributed by atoms with Crippen LogP contribution in [0, 0.1) is 0 Å². The van der Waals surface area contributed by atoms with E-state index in [1.165, 1.54) is 41.7 Å². The molecule has 1 heterocycles. The van der Waals surface area contributed by atoms with Crippen molar-refractivity contribution in [2.24, 2.45) is 0 Å². The van der Waals surface area contributed by atoms with Crippen LogP contribution in [0.1, 0.15) is 38.2 Å². The first kappa shape index (κ1) is 11.0. The lowest BCUT2D eigenvalue weighted by molar-refractivity contribution is 0.863. The van der Waals surface area contributed by atoms with Gasteiger partial charge in [-0.15, -0.1) is 0 Å². The van der Waals surface area contributed by atoms with Crippen LogP contribution < -0.4 is 4.90 Å². The number of hydrogen-bond donors (Lipinski definition) is 0. The zero-order chi connectivity index (χ0) is 10.8. The average molecular weight is 268 g/mol. The summed E-state index contributed by atoms with van der Waals surface area (Å²) in [5.41, 5.74) is 2.77. The van der Waals surface area contributed by atoms with E-state index in [9.17, 15) is 0 Å². The molecule has 0 spiro atoms. The van der Waals surface area contributed by atoms with Crippen molar-refractivity contribution in [3.8, 4) is 0 Å². The molecule has 1 aromatic carbocycles. The van der Waals surface area contributed by atoms with Gasteiger partial charge in [0.25, 0.3) is 0 Å². The van der Waals surface area contributed by atoms with E-state index >= 15 is 0 Å². The Morgan fingerprint density at radius 1 is 1.20 bits per heavy atom. The summed E-state index contributed by atoms with van der Waals surface area (Å²) in [6, 6.07) is 6.77. The van der Waals surface area contributed by atoms with Gasteiger partial charge in [0.1, 0.15) is 0 Å². The molecule has 1 aliphatic heterocycles. The van der Waals surface area contributed by atoms with Crippen LogP contribution in [0.5, 0.6) is 0 Å². The van der Waals surface area contributed by atoms with Gasteiger partial charge in [-0.2, -0.15) is 0 Å². The number of rotatable bonds is 2. The molecule has 0 unspecified atom stereocenters. The molecule has 1 saturated heterocycles. The topological polar surface area (TPSA) is 3.24 Å². The molecule has 0 bridgehead atoms. The average Bonchev–Trinajstić information content (AvgIpc) is 2.70. The fraction of sp³-hybridized carbons (Fsp3) is 0.538. The second-order valence-electron chi connectivity index (χ2n) is 4.56. The fourth-order valence-electron chi connectivity index (χ4n) is 2.10. The summed E-state index contributed by atoms with van der Waals surface area (Å²) >= 11 is 3.68. The van der Waals surface area contributed by atoms with Crippen molar-refractivity contribution >= 4 is 21.6 Å². The highest BCUT2D eigenvalue weighted by Crippen LogP contribution is 2.31. The number of anilines is 1. The minimum atomic E-state index is 0.605. The molecular formula is C13H18BrN. The van der Waals surface area contributed by atoms with Crippen molar-refractivity contribution in [3.63, 3.8) is 0 Å². The van der Waals surface area contributed by atoms with Gasteiger partial charge in [0, 0.05) is 17.6 Å². The van der Waals surface area contributed by atoms with Crippen LogP contribution in [0.15, 0.2) is 22.7 Å². The Morgan fingerprint density at radius 3 is 2.40 bits per heavy atom. The highest BCUT2D eigenvalue weighted by molar-refractivity contribution is 9.10. The van der Waals surface area contributed by atoms with E-state index in [0.717, 1.165) is 0 Å². The third kappa shape index (κ3) is 2.36. The van der Waals surface area contributed by atoms with Gasteiger partial charge in [0.15, 0.2) is 0 Å². The minimum Gasteiger partial charge on any atom is -0.371 e. The summed E-state index contributed by atoms with van der Waals surface area (Å²) in [5.74, 6) is 0.605. The molecule has 0 aromatic heterocycles. The summed E-state index contributed by atoms with van der Waals surface area (Å²) in [7, 11) is 0. The van der Waals surface area contributed by atoms with Crippen molar-refractivity contribution in [2.45, 2.75) is 32.6 Å². The van der Waals surface area contributed by atoms with E-state index < -0.39 is 0 Å². The zero-order valence-corrected chi connectivity index (χ0v) is 11.0. The second-order valence-corrected chi connectivity index (χ2v) is 5.41. The Morgan fingerprint density at radius 2 is 1.87 bits per heavy atom. The maximum atomic E-state index is 3.68. The van der Waals surface area contributed by atoms with Gasteiger partial charge in [-0.3, -0.25) is 0 Å². The Kier molecular flexibility index (Phi) is 3.35. The smallest absolute Gasteiger partial charge is 0.0510 e. The summed E-state index contributed by atoms with van der Waals surface area (Å²) in [6.07, 6.45) is 2.66. The van der Waals surface area contributed by atoms with Gasteiger partial charge >= 0.3 is 0 Å². The van der Waals surface area contributed by atoms with E-state index in [0.29, 0.717) is 5.92 Å². The van der Waals surface area contributed by atoms with Gasteiger partial charge in [-0.05, 0) is 52.4 Å². The molecule has 0 aliphatic carbocycles. The standard InChI is InChI=1S/C13H18BrN/c1-10(2)11-5-6-13(12(14)9-11)15-7-3-4-8-15/h5-6,9-10H,3-4,7-8H2,1-2H3. The molecule has 0 atom stereocenters. The van der Waals surface area contributed by atoms with Crippen molar-refractivity contribution in [2.75, 3.05) is 18.0 Å². The van der Waals surface area contributed by atoms with Gasteiger partial charge in [-0.25, -0.2) is 0 Å². The van der Waals surface area contributed by atoms with Gasteiger partial charge in [-0.1, -0.05) is 19.9 Å². The lowest BCUT2D eigenvalue weighted by atomic mass is 10.0. The molecule has 0 radical (unpaired) electrons. The molecule has 1 fully saturated rings. The maximum Gasteiger partial charge on any atom is 0.0510 e. The van der Waals surface area contributed by atoms with Crippen molar-refractivity contribution in [3.05, 3.63) is 28.2 Å². The summed E-state index contributed by atoms with van der Waals surface area (Å²) in [6.45, 7) is 6.88. The SMILES string of the molecule is CC(C)c1ccc(N2CCCC2)c(Br)c1. The molecule has 0 amide bonds. The Bertz CT molecular complexity index is 340. The highest BCUT2D eigenvalue weighted by atomic mass is 79.9. The number of halogens is 1. The minimum absolute atomic E-state index is 0.605. The van der Waals surface area contributed by atoms with Crippen molar-refractivity contribution < 1.29 is 0 Å². The second kappa shape index (κ2) is 4.56.